The van der Waals surface area contributed by atoms with Gasteiger partial charge in [0.05, 0.1) is 5.01 Å². The molecule has 0 spiro atoms. The molecule has 0 aliphatic carbocycles. The first-order valence-corrected chi connectivity index (χ1v) is 6.20. The number of hydrogen-bond donors (Lipinski definition) is 1. The van der Waals surface area contributed by atoms with Crippen LogP contribution < -0.4 is 5.73 Å². The molecule has 2 N–H and O–H groups in total. The summed E-state index contributed by atoms with van der Waals surface area (Å²) in [5.41, 5.74) is 8.60. The number of aryl methyl sites for hydroxylation is 2. The number of rotatable bonds is 3. The van der Waals surface area contributed by atoms with E-state index in [4.69, 9.17) is 5.73 Å². The fraction of sp³-hybridized carbons (Fsp3) is 0.308. The first-order chi connectivity index (χ1) is 7.65. The Kier molecular flexibility index (Phi) is 3.36. The molecular weight excluding hydrogens is 216 g/mol. The van der Waals surface area contributed by atoms with Gasteiger partial charge >= 0.3 is 0 Å². The number of benzene rings is 1. The highest BCUT2D eigenvalue weighted by Gasteiger charge is 2.09. The minimum atomic E-state index is 0.0474. The molecule has 0 aliphatic rings. The van der Waals surface area contributed by atoms with Gasteiger partial charge in [-0.15, -0.1) is 11.3 Å². The number of thiazole rings is 1. The molecule has 0 amide bonds. The Morgan fingerprint density at radius 3 is 2.50 bits per heavy atom. The second-order valence-electron chi connectivity index (χ2n) is 4.09. The fourth-order valence-corrected chi connectivity index (χ4v) is 2.46. The van der Waals surface area contributed by atoms with Crippen LogP contribution in [0.5, 0.6) is 0 Å². The average molecular weight is 232 g/mol. The van der Waals surface area contributed by atoms with Crippen LogP contribution in [0.15, 0.2) is 30.5 Å². The van der Waals surface area contributed by atoms with Crippen molar-refractivity contribution in [1.82, 2.24) is 4.98 Å². The molecule has 0 aliphatic heterocycles. The summed E-state index contributed by atoms with van der Waals surface area (Å²) in [6.07, 6.45) is 2.73. The minimum Gasteiger partial charge on any atom is -0.324 e. The molecule has 0 fully saturated rings. The van der Waals surface area contributed by atoms with Crippen molar-refractivity contribution in [2.75, 3.05) is 0 Å². The predicted octanol–water partition coefficient (Wildman–Crippen LogP) is 3.00. The zero-order chi connectivity index (χ0) is 11.5. The number of hydrogen-bond acceptors (Lipinski definition) is 3. The summed E-state index contributed by atoms with van der Waals surface area (Å²) < 4.78 is 0. The summed E-state index contributed by atoms with van der Waals surface area (Å²) in [7, 11) is 0. The molecular formula is C13H16N2S. The van der Waals surface area contributed by atoms with Crippen LogP contribution in [0.2, 0.25) is 0 Å². The van der Waals surface area contributed by atoms with Crippen LogP contribution in [0.3, 0.4) is 0 Å². The van der Waals surface area contributed by atoms with Gasteiger partial charge in [0.2, 0.25) is 0 Å². The lowest BCUT2D eigenvalue weighted by Gasteiger charge is -2.10. The van der Waals surface area contributed by atoms with Crippen LogP contribution in [-0.2, 0) is 6.42 Å². The van der Waals surface area contributed by atoms with Gasteiger partial charge in [-0.25, -0.2) is 4.98 Å². The van der Waals surface area contributed by atoms with Crippen LogP contribution in [0.1, 0.15) is 27.1 Å². The maximum Gasteiger partial charge on any atom is 0.0946 e. The smallest absolute Gasteiger partial charge is 0.0946 e. The predicted molar refractivity (Wildman–Crippen MR) is 68.7 cm³/mol. The number of aromatic nitrogens is 1. The molecule has 1 heterocycles. The summed E-state index contributed by atoms with van der Waals surface area (Å²) in [5.74, 6) is 0. The van der Waals surface area contributed by atoms with Crippen molar-refractivity contribution in [3.8, 4) is 0 Å². The molecule has 84 valence electrons. The Morgan fingerprint density at radius 1 is 1.25 bits per heavy atom. The highest BCUT2D eigenvalue weighted by atomic mass is 32.1. The van der Waals surface area contributed by atoms with E-state index in [0.29, 0.717) is 0 Å². The van der Waals surface area contributed by atoms with Crippen molar-refractivity contribution in [3.63, 3.8) is 0 Å². The summed E-state index contributed by atoms with van der Waals surface area (Å²) in [5, 5.41) is 1.12. The van der Waals surface area contributed by atoms with Crippen molar-refractivity contribution >= 4 is 11.3 Å². The fourth-order valence-electron chi connectivity index (χ4n) is 1.62. The van der Waals surface area contributed by atoms with Gasteiger partial charge in [-0.2, -0.15) is 0 Å². The molecule has 0 saturated heterocycles. The topological polar surface area (TPSA) is 38.9 Å². The van der Waals surface area contributed by atoms with Gasteiger partial charge in [0.25, 0.3) is 0 Å². The lowest BCUT2D eigenvalue weighted by molar-refractivity contribution is 0.718. The van der Waals surface area contributed by atoms with Gasteiger partial charge < -0.3 is 5.73 Å². The highest BCUT2D eigenvalue weighted by Crippen LogP contribution is 2.19. The molecule has 16 heavy (non-hydrogen) atoms. The third kappa shape index (κ3) is 2.68. The molecule has 2 nitrogen and oxygen atoms in total. The summed E-state index contributed by atoms with van der Waals surface area (Å²) in [4.78, 5) is 5.58. The van der Waals surface area contributed by atoms with Crippen LogP contribution in [0.4, 0.5) is 0 Å². The lowest BCUT2D eigenvalue weighted by Crippen LogP contribution is -2.13. The molecule has 1 aromatic carbocycles. The zero-order valence-corrected chi connectivity index (χ0v) is 10.4. The number of nitrogens with zero attached hydrogens (tertiary/aromatic N) is 1. The van der Waals surface area contributed by atoms with Crippen molar-refractivity contribution in [2.24, 2.45) is 5.73 Å². The summed E-state index contributed by atoms with van der Waals surface area (Å²) in [6.45, 7) is 4.15. The second kappa shape index (κ2) is 4.76. The van der Waals surface area contributed by atoms with Crippen LogP contribution >= 0.6 is 11.3 Å². The van der Waals surface area contributed by atoms with E-state index in [9.17, 15) is 0 Å². The van der Waals surface area contributed by atoms with E-state index >= 15 is 0 Å². The number of nitrogens with two attached hydrogens (primary N) is 1. The standard InChI is InChI=1S/C13H16N2S/c1-9-3-5-11(6-4-9)12(14)7-13-15-8-10(2)16-13/h3-6,8,12H,7,14H2,1-2H3. The zero-order valence-electron chi connectivity index (χ0n) is 9.60. The Bertz CT molecular complexity index is 459. The van der Waals surface area contributed by atoms with Crippen molar-refractivity contribution in [3.05, 3.63) is 51.5 Å². The molecule has 2 rings (SSSR count). The monoisotopic (exact) mass is 232 g/mol. The van der Waals surface area contributed by atoms with Crippen molar-refractivity contribution < 1.29 is 0 Å². The lowest BCUT2D eigenvalue weighted by atomic mass is 10.0. The Labute approximate surface area is 100 Å². The van der Waals surface area contributed by atoms with Gasteiger partial charge in [0.1, 0.15) is 0 Å². The Balaban J connectivity index is 2.08. The maximum absolute atomic E-state index is 6.15. The van der Waals surface area contributed by atoms with Crippen molar-refractivity contribution in [1.29, 1.82) is 0 Å². The van der Waals surface area contributed by atoms with Crippen molar-refractivity contribution in [2.45, 2.75) is 26.3 Å². The molecule has 1 atom stereocenters. The van der Waals surface area contributed by atoms with E-state index in [1.54, 1.807) is 11.3 Å². The normalized spacial score (nSPS) is 12.7. The molecule has 0 radical (unpaired) electrons. The largest absolute Gasteiger partial charge is 0.324 e. The van der Waals surface area contributed by atoms with Crippen LogP contribution in [0, 0.1) is 13.8 Å². The third-order valence-electron chi connectivity index (χ3n) is 2.57. The Hall–Kier alpha value is -1.19. The van der Waals surface area contributed by atoms with E-state index in [1.807, 2.05) is 6.20 Å². The second-order valence-corrected chi connectivity index (χ2v) is 5.41. The first-order valence-electron chi connectivity index (χ1n) is 5.38. The molecule has 0 saturated carbocycles. The third-order valence-corrected chi connectivity index (χ3v) is 3.50. The SMILES string of the molecule is Cc1ccc(C(N)Cc2ncc(C)s2)cc1. The maximum atomic E-state index is 6.15. The van der Waals surface area contributed by atoms with Crippen LogP contribution in [0.25, 0.3) is 0 Å². The van der Waals surface area contributed by atoms with Crippen LogP contribution in [-0.4, -0.2) is 4.98 Å². The quantitative estimate of drug-likeness (QED) is 0.883. The summed E-state index contributed by atoms with van der Waals surface area (Å²) in [6, 6.07) is 8.44. The average Bonchev–Trinajstić information content (AvgIpc) is 2.65. The van der Waals surface area contributed by atoms with E-state index in [1.165, 1.54) is 16.0 Å². The first kappa shape index (κ1) is 11.3. The Morgan fingerprint density at radius 2 is 1.94 bits per heavy atom. The van der Waals surface area contributed by atoms with Gasteiger partial charge in [0.15, 0.2) is 0 Å². The van der Waals surface area contributed by atoms with E-state index < -0.39 is 0 Å². The van der Waals surface area contributed by atoms with Gasteiger partial charge in [-0.1, -0.05) is 29.8 Å². The molecule has 3 heteroatoms. The van der Waals surface area contributed by atoms with Gasteiger partial charge in [-0.05, 0) is 19.4 Å². The summed E-state index contributed by atoms with van der Waals surface area (Å²) >= 11 is 1.72. The van der Waals surface area contributed by atoms with Gasteiger partial charge in [0, 0.05) is 23.5 Å². The van der Waals surface area contributed by atoms with E-state index in [0.717, 1.165) is 11.4 Å². The molecule has 0 bridgehead atoms. The minimum absolute atomic E-state index is 0.0474. The van der Waals surface area contributed by atoms with E-state index in [2.05, 4.69) is 43.1 Å². The highest BCUT2D eigenvalue weighted by molar-refractivity contribution is 7.11. The van der Waals surface area contributed by atoms with E-state index in [-0.39, 0.29) is 6.04 Å². The molecule has 1 unspecified atom stereocenters. The van der Waals surface area contributed by atoms with Gasteiger partial charge in [-0.3, -0.25) is 0 Å². The molecule has 1 aromatic heterocycles. The molecule has 2 aromatic rings.